The first-order chi connectivity index (χ1) is 12.1. The number of fused-ring (bicyclic) bond motifs is 1. The van der Waals surface area contributed by atoms with Crippen molar-refractivity contribution >= 4 is 23.3 Å². The third-order valence-corrected chi connectivity index (χ3v) is 4.63. The van der Waals surface area contributed by atoms with Crippen LogP contribution in [0.2, 0.25) is 0 Å². The number of carbonyl (C=O) groups is 1. The van der Waals surface area contributed by atoms with E-state index in [4.69, 9.17) is 13.9 Å². The van der Waals surface area contributed by atoms with Gasteiger partial charge in [0.15, 0.2) is 11.5 Å². The van der Waals surface area contributed by atoms with Crippen LogP contribution in [0.4, 0.5) is 6.01 Å². The zero-order chi connectivity index (χ0) is 17.4. The number of rotatable bonds is 4. The van der Waals surface area contributed by atoms with Crippen LogP contribution in [-0.2, 0) is 11.2 Å². The molecule has 1 aromatic carbocycles. The van der Waals surface area contributed by atoms with Gasteiger partial charge in [0.1, 0.15) is 4.88 Å². The average Bonchev–Trinajstić information content (AvgIpc) is 3.27. The van der Waals surface area contributed by atoms with Crippen molar-refractivity contribution in [2.24, 2.45) is 0 Å². The quantitative estimate of drug-likeness (QED) is 0.765. The molecule has 8 nitrogen and oxygen atoms in total. The molecule has 4 rings (SSSR count). The van der Waals surface area contributed by atoms with Crippen molar-refractivity contribution < 1.29 is 18.7 Å². The summed E-state index contributed by atoms with van der Waals surface area (Å²) in [6.45, 7) is 3.98. The predicted molar refractivity (Wildman–Crippen MR) is 89.8 cm³/mol. The number of aryl methyl sites for hydroxylation is 2. The van der Waals surface area contributed by atoms with E-state index >= 15 is 0 Å². The fraction of sp³-hybridized carbons (Fsp3) is 0.250. The summed E-state index contributed by atoms with van der Waals surface area (Å²) in [5.41, 5.74) is 1.62. The number of carbonyl (C=O) groups excluding carboxylic acids is 1. The predicted octanol–water partition coefficient (Wildman–Crippen LogP) is 2.72. The first kappa shape index (κ1) is 15.6. The van der Waals surface area contributed by atoms with E-state index in [9.17, 15) is 4.79 Å². The maximum absolute atomic E-state index is 12.2. The van der Waals surface area contributed by atoms with Gasteiger partial charge in [-0.1, -0.05) is 11.2 Å². The fourth-order valence-electron chi connectivity index (χ4n) is 2.49. The number of hydrogen-bond donors (Lipinski definition) is 1. The van der Waals surface area contributed by atoms with Gasteiger partial charge in [-0.3, -0.25) is 10.1 Å². The molecule has 0 unspecified atom stereocenters. The van der Waals surface area contributed by atoms with Crippen molar-refractivity contribution in [3.63, 3.8) is 0 Å². The van der Waals surface area contributed by atoms with Gasteiger partial charge in [0.05, 0.1) is 17.1 Å². The zero-order valence-corrected chi connectivity index (χ0v) is 14.3. The summed E-state index contributed by atoms with van der Waals surface area (Å²) < 4.78 is 16.1. The summed E-state index contributed by atoms with van der Waals surface area (Å²) in [5, 5.41) is 11.4. The minimum absolute atomic E-state index is 0.0613. The van der Waals surface area contributed by atoms with Gasteiger partial charge in [-0.15, -0.1) is 16.4 Å². The van der Waals surface area contributed by atoms with Crippen molar-refractivity contribution in [2.75, 3.05) is 12.1 Å². The Bertz CT molecular complexity index is 950. The van der Waals surface area contributed by atoms with E-state index in [1.54, 1.807) is 12.1 Å². The van der Waals surface area contributed by atoms with Gasteiger partial charge < -0.3 is 13.9 Å². The van der Waals surface area contributed by atoms with Crippen LogP contribution in [-0.4, -0.2) is 27.9 Å². The number of nitrogens with zero attached hydrogens (tertiary/aromatic N) is 3. The number of amides is 1. The summed E-state index contributed by atoms with van der Waals surface area (Å²) in [6.07, 6.45) is 0.160. The summed E-state index contributed by atoms with van der Waals surface area (Å²) in [4.78, 5) is 17.3. The molecule has 25 heavy (non-hydrogen) atoms. The largest absolute Gasteiger partial charge is 0.454 e. The maximum atomic E-state index is 12.2. The van der Waals surface area contributed by atoms with Crippen LogP contribution in [0.3, 0.4) is 0 Å². The van der Waals surface area contributed by atoms with Crippen LogP contribution in [0.25, 0.3) is 10.8 Å². The lowest BCUT2D eigenvalue weighted by Gasteiger charge is -2.02. The molecule has 1 N–H and O–H groups in total. The molecular weight excluding hydrogens is 344 g/mol. The van der Waals surface area contributed by atoms with Crippen molar-refractivity contribution in [1.29, 1.82) is 0 Å². The molecule has 3 heterocycles. The van der Waals surface area contributed by atoms with Crippen LogP contribution < -0.4 is 14.8 Å². The standard InChI is InChI=1S/C16H14N4O4S/c1-8-14(25-9(2)17-8)15-19-20-16(24-15)18-13(21)6-10-3-4-11-12(5-10)23-7-22-11/h3-5H,6-7H2,1-2H3,(H,18,20,21). The first-order valence-electron chi connectivity index (χ1n) is 7.55. The molecule has 9 heteroatoms. The van der Waals surface area contributed by atoms with Crippen LogP contribution in [0.1, 0.15) is 16.3 Å². The Hall–Kier alpha value is -2.94. The van der Waals surface area contributed by atoms with E-state index in [2.05, 4.69) is 20.5 Å². The molecule has 0 radical (unpaired) electrons. The molecule has 0 aliphatic carbocycles. The normalized spacial score (nSPS) is 12.4. The lowest BCUT2D eigenvalue weighted by atomic mass is 10.1. The Balaban J connectivity index is 1.44. The van der Waals surface area contributed by atoms with Gasteiger partial charge in [0.2, 0.25) is 12.7 Å². The van der Waals surface area contributed by atoms with E-state index in [1.807, 2.05) is 19.9 Å². The van der Waals surface area contributed by atoms with Crippen LogP contribution >= 0.6 is 11.3 Å². The minimum atomic E-state index is -0.258. The van der Waals surface area contributed by atoms with Crippen molar-refractivity contribution in [1.82, 2.24) is 15.2 Å². The van der Waals surface area contributed by atoms with Crippen LogP contribution in [0.15, 0.2) is 22.6 Å². The fourth-order valence-corrected chi connectivity index (χ4v) is 3.34. The Kier molecular flexibility index (Phi) is 3.85. The number of ether oxygens (including phenoxy) is 2. The summed E-state index contributed by atoms with van der Waals surface area (Å²) in [7, 11) is 0. The Morgan fingerprint density at radius 3 is 2.88 bits per heavy atom. The number of thiazole rings is 1. The molecule has 0 bridgehead atoms. The Morgan fingerprint density at radius 1 is 1.24 bits per heavy atom. The molecule has 128 valence electrons. The molecule has 0 saturated carbocycles. The molecule has 0 saturated heterocycles. The minimum Gasteiger partial charge on any atom is -0.454 e. The SMILES string of the molecule is Cc1nc(C)c(-c2nnc(NC(=O)Cc3ccc4c(c3)OCO4)o2)s1. The van der Waals surface area contributed by atoms with Crippen molar-refractivity contribution in [3.05, 3.63) is 34.5 Å². The average molecular weight is 358 g/mol. The molecule has 2 aromatic heterocycles. The molecule has 1 amide bonds. The van der Waals surface area contributed by atoms with E-state index in [-0.39, 0.29) is 25.1 Å². The zero-order valence-electron chi connectivity index (χ0n) is 13.5. The van der Waals surface area contributed by atoms with Crippen molar-refractivity contribution in [3.8, 4) is 22.3 Å². The van der Waals surface area contributed by atoms with Crippen LogP contribution in [0, 0.1) is 13.8 Å². The Labute approximate surface area is 146 Å². The maximum Gasteiger partial charge on any atom is 0.322 e. The third kappa shape index (κ3) is 3.18. The highest BCUT2D eigenvalue weighted by atomic mass is 32.1. The van der Waals surface area contributed by atoms with Gasteiger partial charge >= 0.3 is 6.01 Å². The summed E-state index contributed by atoms with van der Waals surface area (Å²) >= 11 is 1.47. The van der Waals surface area contributed by atoms with E-state index < -0.39 is 0 Å². The second-order valence-corrected chi connectivity index (χ2v) is 6.68. The van der Waals surface area contributed by atoms with E-state index in [0.29, 0.717) is 17.4 Å². The Morgan fingerprint density at radius 2 is 2.08 bits per heavy atom. The van der Waals surface area contributed by atoms with Gasteiger partial charge in [-0.25, -0.2) is 4.98 Å². The number of aromatic nitrogens is 3. The molecule has 0 atom stereocenters. The highest BCUT2D eigenvalue weighted by Gasteiger charge is 2.17. The molecule has 0 fully saturated rings. The molecular formula is C16H14N4O4S. The van der Waals surface area contributed by atoms with Gasteiger partial charge in [-0.2, -0.15) is 0 Å². The highest BCUT2D eigenvalue weighted by molar-refractivity contribution is 7.15. The second kappa shape index (κ2) is 6.17. The second-order valence-electron chi connectivity index (χ2n) is 5.47. The van der Waals surface area contributed by atoms with E-state index in [1.165, 1.54) is 11.3 Å². The van der Waals surface area contributed by atoms with Gasteiger partial charge in [0, 0.05) is 0 Å². The monoisotopic (exact) mass is 358 g/mol. The highest BCUT2D eigenvalue weighted by Crippen LogP contribution is 2.33. The number of benzene rings is 1. The van der Waals surface area contributed by atoms with Crippen LogP contribution in [0.5, 0.6) is 11.5 Å². The lowest BCUT2D eigenvalue weighted by Crippen LogP contribution is -2.14. The molecule has 3 aromatic rings. The molecule has 1 aliphatic rings. The topological polar surface area (TPSA) is 99.4 Å². The van der Waals surface area contributed by atoms with Gasteiger partial charge in [-0.05, 0) is 31.5 Å². The number of nitrogens with one attached hydrogen (secondary N) is 1. The lowest BCUT2D eigenvalue weighted by molar-refractivity contribution is -0.115. The first-order valence-corrected chi connectivity index (χ1v) is 8.36. The summed E-state index contributed by atoms with van der Waals surface area (Å²) in [6, 6.07) is 5.44. The van der Waals surface area contributed by atoms with Gasteiger partial charge in [0.25, 0.3) is 5.89 Å². The molecule has 0 spiro atoms. The third-order valence-electron chi connectivity index (χ3n) is 3.57. The number of anilines is 1. The smallest absolute Gasteiger partial charge is 0.322 e. The van der Waals surface area contributed by atoms with Crippen molar-refractivity contribution in [2.45, 2.75) is 20.3 Å². The number of hydrogen-bond acceptors (Lipinski definition) is 8. The molecule has 1 aliphatic heterocycles. The summed E-state index contributed by atoms with van der Waals surface area (Å²) in [5.74, 6) is 1.41. The van der Waals surface area contributed by atoms with E-state index in [0.717, 1.165) is 21.1 Å².